The summed E-state index contributed by atoms with van der Waals surface area (Å²) in [5.41, 5.74) is 3.54. The quantitative estimate of drug-likeness (QED) is 0.493. The van der Waals surface area contributed by atoms with Crippen LogP contribution in [-0.4, -0.2) is 29.7 Å². The average Bonchev–Trinajstić information content (AvgIpc) is 3.41. The van der Waals surface area contributed by atoms with Crippen LogP contribution < -0.4 is 5.32 Å². The van der Waals surface area contributed by atoms with Gasteiger partial charge in [-0.25, -0.2) is 19.6 Å². The first kappa shape index (κ1) is 16.5. The van der Waals surface area contributed by atoms with Gasteiger partial charge in [0.1, 0.15) is 17.2 Å². The number of para-hydroxylation sites is 1. The van der Waals surface area contributed by atoms with Crippen molar-refractivity contribution in [2.24, 2.45) is 0 Å². The van der Waals surface area contributed by atoms with Gasteiger partial charge in [-0.1, -0.05) is 24.3 Å². The van der Waals surface area contributed by atoms with Crippen molar-refractivity contribution in [3.63, 3.8) is 0 Å². The fourth-order valence-corrected chi connectivity index (χ4v) is 3.71. The first-order valence-corrected chi connectivity index (χ1v) is 9.60. The summed E-state index contributed by atoms with van der Waals surface area (Å²) >= 11 is 1.58. The van der Waals surface area contributed by atoms with Crippen molar-refractivity contribution >= 4 is 28.2 Å². The molecule has 7 nitrogen and oxygen atoms in total. The first-order chi connectivity index (χ1) is 13.9. The molecule has 0 aliphatic rings. The lowest BCUT2D eigenvalue weighted by Crippen LogP contribution is -2.03. The summed E-state index contributed by atoms with van der Waals surface area (Å²) in [5.74, 6) is 0.736. The second-order valence-corrected chi connectivity index (χ2v) is 6.92. The van der Waals surface area contributed by atoms with Crippen LogP contribution in [0, 0.1) is 0 Å². The third kappa shape index (κ3) is 3.10. The largest absolute Gasteiger partial charge is 0.364 e. The number of rotatable bonds is 5. The second kappa shape index (κ2) is 7.16. The zero-order chi connectivity index (χ0) is 18.8. The minimum Gasteiger partial charge on any atom is -0.364 e. The topological polar surface area (TPSA) is 81.4 Å². The van der Waals surface area contributed by atoms with E-state index in [4.69, 9.17) is 0 Å². The van der Waals surface area contributed by atoms with Crippen LogP contribution in [0.2, 0.25) is 0 Å². The lowest BCUT2D eigenvalue weighted by molar-refractivity contribution is 0.895. The number of benzene rings is 1. The van der Waals surface area contributed by atoms with Crippen LogP contribution in [0.25, 0.3) is 27.4 Å². The third-order valence-electron chi connectivity index (χ3n) is 4.24. The van der Waals surface area contributed by atoms with Crippen LogP contribution in [-0.2, 0) is 6.54 Å². The molecule has 0 atom stereocenters. The molecule has 0 aliphatic heterocycles. The molecule has 0 radical (unpaired) electrons. The van der Waals surface area contributed by atoms with Gasteiger partial charge >= 0.3 is 0 Å². The number of anilines is 1. The highest BCUT2D eigenvalue weighted by Gasteiger charge is 2.12. The fourth-order valence-electron chi connectivity index (χ4n) is 2.91. The van der Waals surface area contributed by atoms with E-state index >= 15 is 0 Å². The Kier molecular flexibility index (Phi) is 4.23. The second-order valence-electron chi connectivity index (χ2n) is 6.06. The van der Waals surface area contributed by atoms with E-state index in [0.29, 0.717) is 6.54 Å². The maximum absolute atomic E-state index is 4.66. The van der Waals surface area contributed by atoms with Gasteiger partial charge in [-0.3, -0.25) is 4.98 Å². The Bertz CT molecular complexity index is 1220. The first-order valence-electron chi connectivity index (χ1n) is 8.72. The van der Waals surface area contributed by atoms with E-state index in [9.17, 15) is 0 Å². The Morgan fingerprint density at radius 1 is 0.964 bits per heavy atom. The molecule has 0 spiro atoms. The fraction of sp³-hybridized carbons (Fsp3) is 0.0500. The molecule has 0 saturated heterocycles. The molecule has 0 bridgehead atoms. The van der Waals surface area contributed by atoms with Crippen molar-refractivity contribution in [3.05, 3.63) is 78.3 Å². The number of thiazole rings is 1. The molecule has 28 heavy (non-hydrogen) atoms. The summed E-state index contributed by atoms with van der Waals surface area (Å²) in [4.78, 5) is 17.8. The Balaban J connectivity index is 1.39. The highest BCUT2D eigenvalue weighted by molar-refractivity contribution is 7.13. The average molecular weight is 385 g/mol. The highest BCUT2D eigenvalue weighted by Crippen LogP contribution is 2.24. The smallest absolute Gasteiger partial charge is 0.168 e. The number of nitrogens with one attached hydrogen (secondary N) is 1. The minimum absolute atomic E-state index is 0.561. The summed E-state index contributed by atoms with van der Waals surface area (Å²) in [5, 5.41) is 11.6. The van der Waals surface area contributed by atoms with Crippen molar-refractivity contribution in [2.75, 3.05) is 5.32 Å². The molecule has 8 heteroatoms. The molecule has 5 rings (SSSR count). The van der Waals surface area contributed by atoms with E-state index in [0.717, 1.165) is 38.9 Å². The van der Waals surface area contributed by atoms with Crippen molar-refractivity contribution in [1.29, 1.82) is 0 Å². The summed E-state index contributed by atoms with van der Waals surface area (Å²) in [6.07, 6.45) is 5.11. The summed E-state index contributed by atoms with van der Waals surface area (Å²) in [6.45, 7) is 0.561. The van der Waals surface area contributed by atoms with E-state index < -0.39 is 0 Å². The van der Waals surface area contributed by atoms with Crippen LogP contribution in [0.3, 0.4) is 0 Å². The molecule has 0 saturated carbocycles. The van der Waals surface area contributed by atoms with Gasteiger partial charge in [0.2, 0.25) is 0 Å². The van der Waals surface area contributed by atoms with Crippen LogP contribution in [0.1, 0.15) is 5.69 Å². The summed E-state index contributed by atoms with van der Waals surface area (Å²) in [6, 6.07) is 15.7. The maximum Gasteiger partial charge on any atom is 0.168 e. The Morgan fingerprint density at radius 3 is 2.71 bits per heavy atom. The van der Waals surface area contributed by atoms with Crippen LogP contribution >= 0.6 is 11.3 Å². The monoisotopic (exact) mass is 385 g/mol. The van der Waals surface area contributed by atoms with Gasteiger partial charge in [-0.05, 0) is 24.3 Å². The predicted molar refractivity (Wildman–Crippen MR) is 109 cm³/mol. The third-order valence-corrected chi connectivity index (χ3v) is 5.15. The maximum atomic E-state index is 4.66. The van der Waals surface area contributed by atoms with Gasteiger partial charge in [0.15, 0.2) is 5.65 Å². The molecule has 0 aliphatic carbocycles. The molecular weight excluding hydrogens is 370 g/mol. The molecule has 0 amide bonds. The summed E-state index contributed by atoms with van der Waals surface area (Å²) < 4.78 is 1.81. The van der Waals surface area contributed by atoms with E-state index in [1.54, 1.807) is 30.1 Å². The van der Waals surface area contributed by atoms with E-state index in [1.165, 1.54) is 0 Å². The number of nitrogens with zero attached hydrogens (tertiary/aromatic N) is 6. The Hall–Kier alpha value is -3.65. The van der Waals surface area contributed by atoms with Gasteiger partial charge in [0, 0.05) is 11.6 Å². The van der Waals surface area contributed by atoms with Crippen molar-refractivity contribution in [2.45, 2.75) is 6.54 Å². The molecule has 136 valence electrons. The molecule has 5 aromatic rings. The number of hydrogen-bond acceptors (Lipinski definition) is 7. The Labute approximate surface area is 164 Å². The molecule has 1 N–H and O–H groups in total. The zero-order valence-corrected chi connectivity index (χ0v) is 15.5. The molecular formula is C20H15N7S. The highest BCUT2D eigenvalue weighted by atomic mass is 32.1. The van der Waals surface area contributed by atoms with Crippen LogP contribution in [0.4, 0.5) is 5.82 Å². The van der Waals surface area contributed by atoms with E-state index in [1.807, 2.05) is 58.6 Å². The number of fused-ring (bicyclic) bond motifs is 1. The van der Waals surface area contributed by atoms with Gasteiger partial charge in [-0.2, -0.15) is 5.10 Å². The molecule has 0 unspecified atom stereocenters. The summed E-state index contributed by atoms with van der Waals surface area (Å²) in [7, 11) is 0. The van der Waals surface area contributed by atoms with Crippen molar-refractivity contribution in [3.8, 4) is 16.4 Å². The van der Waals surface area contributed by atoms with Gasteiger partial charge in [0.05, 0.1) is 35.2 Å². The number of aromatic nitrogens is 6. The van der Waals surface area contributed by atoms with Crippen LogP contribution in [0.5, 0.6) is 0 Å². The SMILES string of the molecule is c1ccc(-n2ncc3c(NCc4csc(-c5ccccn5)n4)ncnc32)cc1. The molecule has 4 aromatic heterocycles. The van der Waals surface area contributed by atoms with Gasteiger partial charge < -0.3 is 5.32 Å². The van der Waals surface area contributed by atoms with E-state index in [-0.39, 0.29) is 0 Å². The normalized spacial score (nSPS) is 11.0. The number of pyridine rings is 1. The lowest BCUT2D eigenvalue weighted by Gasteiger charge is -2.05. The van der Waals surface area contributed by atoms with Gasteiger partial charge in [-0.15, -0.1) is 11.3 Å². The minimum atomic E-state index is 0.561. The predicted octanol–water partition coefficient (Wildman–Crippen LogP) is 3.95. The molecule has 0 fully saturated rings. The van der Waals surface area contributed by atoms with Crippen molar-refractivity contribution < 1.29 is 0 Å². The van der Waals surface area contributed by atoms with Gasteiger partial charge in [0.25, 0.3) is 0 Å². The lowest BCUT2D eigenvalue weighted by atomic mass is 10.3. The number of hydrogen-bond donors (Lipinski definition) is 1. The van der Waals surface area contributed by atoms with E-state index in [2.05, 4.69) is 30.4 Å². The van der Waals surface area contributed by atoms with Crippen LogP contribution in [0.15, 0.2) is 72.6 Å². The van der Waals surface area contributed by atoms with Crippen molar-refractivity contribution in [1.82, 2.24) is 29.7 Å². The molecule has 4 heterocycles. The Morgan fingerprint density at radius 2 is 1.86 bits per heavy atom. The standard InChI is InChI=1S/C20H15N7S/c1-2-6-15(7-3-1)27-19-16(11-25-27)18(23-13-24-19)22-10-14-12-28-20(26-14)17-8-4-5-9-21-17/h1-9,11-13H,10H2,(H,22,23,24). The zero-order valence-electron chi connectivity index (χ0n) is 14.7. The molecule has 1 aromatic carbocycles.